The zero-order valence-corrected chi connectivity index (χ0v) is 16.5. The highest BCUT2D eigenvalue weighted by molar-refractivity contribution is 7.21. The van der Waals surface area contributed by atoms with Crippen LogP contribution in [0.25, 0.3) is 10.2 Å². The van der Waals surface area contributed by atoms with Gasteiger partial charge < -0.3 is 10.6 Å². The van der Waals surface area contributed by atoms with Crippen LogP contribution in [0.1, 0.15) is 39.0 Å². The molecule has 3 heterocycles. The van der Waals surface area contributed by atoms with Crippen LogP contribution in [0.15, 0.2) is 24.3 Å². The third-order valence-electron chi connectivity index (χ3n) is 5.07. The van der Waals surface area contributed by atoms with Crippen LogP contribution in [0.2, 0.25) is 0 Å². The van der Waals surface area contributed by atoms with Crippen molar-refractivity contribution in [1.29, 1.82) is 0 Å². The van der Waals surface area contributed by atoms with Crippen LogP contribution in [-0.4, -0.2) is 28.1 Å². The number of anilines is 1. The normalized spacial score (nSPS) is 14.1. The van der Waals surface area contributed by atoms with Crippen molar-refractivity contribution >= 4 is 38.9 Å². The number of halogens is 4. The molecular weight excluding hydrogens is 422 g/mol. The molecule has 1 aliphatic heterocycles. The highest BCUT2D eigenvalue weighted by Crippen LogP contribution is 2.46. The minimum Gasteiger partial charge on any atom is -0.397 e. The van der Waals surface area contributed by atoms with Gasteiger partial charge in [-0.15, -0.1) is 11.3 Å². The summed E-state index contributed by atoms with van der Waals surface area (Å²) in [6.45, 7) is 1.34. The van der Waals surface area contributed by atoms with Gasteiger partial charge in [-0.25, -0.2) is 9.37 Å². The number of ketones is 1. The Labute approximate surface area is 172 Å². The molecule has 10 heteroatoms. The molecule has 0 unspecified atom stereocenters. The molecule has 1 aliphatic rings. The van der Waals surface area contributed by atoms with Crippen LogP contribution in [0.3, 0.4) is 0 Å². The summed E-state index contributed by atoms with van der Waals surface area (Å²) < 4.78 is 55.4. The maximum atomic E-state index is 14.1. The van der Waals surface area contributed by atoms with Crippen molar-refractivity contribution in [2.24, 2.45) is 0 Å². The number of nitrogens with two attached hydrogens (primary N) is 1. The van der Waals surface area contributed by atoms with Crippen LogP contribution in [-0.2, 0) is 23.9 Å². The van der Waals surface area contributed by atoms with E-state index in [9.17, 15) is 27.2 Å². The van der Waals surface area contributed by atoms with Crippen LogP contribution in [0, 0.1) is 5.82 Å². The first kappa shape index (κ1) is 20.3. The molecule has 0 bridgehead atoms. The van der Waals surface area contributed by atoms with Crippen molar-refractivity contribution in [2.45, 2.75) is 26.1 Å². The van der Waals surface area contributed by atoms with Gasteiger partial charge >= 0.3 is 6.18 Å². The largest absolute Gasteiger partial charge is 0.417 e. The lowest BCUT2D eigenvalue weighted by Gasteiger charge is -2.29. The van der Waals surface area contributed by atoms with Gasteiger partial charge in [-0.3, -0.25) is 9.59 Å². The molecule has 4 rings (SSSR count). The second kappa shape index (κ2) is 7.05. The number of fused-ring (bicyclic) bond motifs is 2. The third kappa shape index (κ3) is 3.30. The van der Waals surface area contributed by atoms with Crippen molar-refractivity contribution in [3.63, 3.8) is 0 Å². The summed E-state index contributed by atoms with van der Waals surface area (Å²) in [4.78, 5) is 30.1. The summed E-state index contributed by atoms with van der Waals surface area (Å²) in [6.07, 6.45) is -4.58. The number of carbonyl (C=O) groups excluding carboxylic acids is 2. The molecule has 0 saturated carbocycles. The Bertz CT molecular complexity index is 1190. The molecule has 30 heavy (non-hydrogen) atoms. The van der Waals surface area contributed by atoms with Gasteiger partial charge in [0.25, 0.3) is 0 Å². The number of rotatable bonds is 2. The number of nitrogens with zero attached hydrogens (tertiary/aromatic N) is 2. The van der Waals surface area contributed by atoms with E-state index in [1.165, 1.54) is 24.0 Å². The van der Waals surface area contributed by atoms with Crippen molar-refractivity contribution in [2.75, 3.05) is 12.3 Å². The summed E-state index contributed by atoms with van der Waals surface area (Å²) in [6, 6.07) is 4.67. The van der Waals surface area contributed by atoms with Gasteiger partial charge in [-0.2, -0.15) is 13.2 Å². The summed E-state index contributed by atoms with van der Waals surface area (Å²) in [7, 11) is 0. The number of benzene rings is 1. The van der Waals surface area contributed by atoms with Gasteiger partial charge in [0, 0.05) is 48.6 Å². The Kier molecular flexibility index (Phi) is 4.76. The van der Waals surface area contributed by atoms with Gasteiger partial charge in [-0.1, -0.05) is 0 Å². The van der Waals surface area contributed by atoms with E-state index in [1.54, 1.807) is 0 Å². The van der Waals surface area contributed by atoms with E-state index in [1.807, 2.05) is 0 Å². The topological polar surface area (TPSA) is 76.3 Å². The van der Waals surface area contributed by atoms with Gasteiger partial charge in [0.1, 0.15) is 15.5 Å². The van der Waals surface area contributed by atoms with Crippen molar-refractivity contribution < 1.29 is 27.2 Å². The molecular formula is C20H15F4N3O2S. The Morgan fingerprint density at radius 1 is 1.20 bits per heavy atom. The van der Waals surface area contributed by atoms with Crippen LogP contribution >= 0.6 is 11.3 Å². The molecule has 2 aromatic heterocycles. The number of nitrogen functional groups attached to an aromatic ring is 1. The molecule has 5 nitrogen and oxygen atoms in total. The van der Waals surface area contributed by atoms with E-state index in [0.29, 0.717) is 0 Å². The molecule has 1 amide bonds. The average Bonchev–Trinajstić information content (AvgIpc) is 3.00. The first-order chi connectivity index (χ1) is 14.1. The fourth-order valence-electron chi connectivity index (χ4n) is 3.61. The van der Waals surface area contributed by atoms with E-state index < -0.39 is 23.3 Å². The van der Waals surface area contributed by atoms with Crippen LogP contribution < -0.4 is 5.73 Å². The number of thiophene rings is 1. The molecule has 0 radical (unpaired) electrons. The van der Waals surface area contributed by atoms with E-state index in [-0.39, 0.29) is 63.0 Å². The molecule has 0 spiro atoms. The lowest BCUT2D eigenvalue weighted by molar-refractivity contribution is -0.138. The van der Waals surface area contributed by atoms with Crippen LogP contribution in [0.4, 0.5) is 23.2 Å². The predicted octanol–water partition coefficient (Wildman–Crippen LogP) is 4.17. The number of carbonyl (C=O) groups is 2. The molecule has 156 valence electrons. The van der Waals surface area contributed by atoms with Crippen molar-refractivity contribution in [1.82, 2.24) is 9.88 Å². The Morgan fingerprint density at radius 3 is 2.47 bits per heavy atom. The van der Waals surface area contributed by atoms with Crippen molar-refractivity contribution in [3.05, 3.63) is 57.3 Å². The number of hydrogen-bond donors (Lipinski definition) is 1. The predicted molar refractivity (Wildman–Crippen MR) is 104 cm³/mol. The maximum Gasteiger partial charge on any atom is 0.417 e. The monoisotopic (exact) mass is 437 g/mol. The number of pyridine rings is 1. The molecule has 0 atom stereocenters. The second-order valence-corrected chi connectivity index (χ2v) is 7.96. The number of hydrogen-bond acceptors (Lipinski definition) is 5. The smallest absolute Gasteiger partial charge is 0.397 e. The molecule has 1 aromatic carbocycles. The minimum absolute atomic E-state index is 0.0142. The standard InChI is InChI=1S/C20H15F4N3O2S/c1-9(28)27-7-6-13-12(8-27)15(20(22,23)24)14-16(25)18(30-19(14)26-13)17(29)10-2-4-11(21)5-3-10/h2-5H,6-8,25H2,1H3. The summed E-state index contributed by atoms with van der Waals surface area (Å²) in [5.41, 5.74) is 5.01. The highest BCUT2D eigenvalue weighted by Gasteiger charge is 2.41. The van der Waals surface area contributed by atoms with Gasteiger partial charge in [0.2, 0.25) is 11.7 Å². The minimum atomic E-state index is -4.75. The maximum absolute atomic E-state index is 14.1. The number of aromatic nitrogens is 1. The summed E-state index contributed by atoms with van der Waals surface area (Å²) in [5.74, 6) is -1.48. The molecule has 0 saturated heterocycles. The Hall–Kier alpha value is -3.01. The van der Waals surface area contributed by atoms with Gasteiger partial charge in [-0.05, 0) is 24.3 Å². The van der Waals surface area contributed by atoms with E-state index in [2.05, 4.69) is 4.98 Å². The number of amides is 1. The first-order valence-corrected chi connectivity index (χ1v) is 9.76. The Balaban J connectivity index is 1.94. The fraction of sp³-hybridized carbons (Fsp3) is 0.250. The van der Waals surface area contributed by atoms with Crippen molar-refractivity contribution in [3.8, 4) is 0 Å². The first-order valence-electron chi connectivity index (χ1n) is 8.94. The fourth-order valence-corrected chi connectivity index (χ4v) is 4.69. The molecule has 0 aliphatic carbocycles. The zero-order chi connectivity index (χ0) is 21.8. The third-order valence-corrected chi connectivity index (χ3v) is 6.17. The lowest BCUT2D eigenvalue weighted by Crippen LogP contribution is -2.36. The van der Waals surface area contributed by atoms with E-state index in [0.717, 1.165) is 23.5 Å². The zero-order valence-electron chi connectivity index (χ0n) is 15.6. The van der Waals surface area contributed by atoms with E-state index in [4.69, 9.17) is 5.73 Å². The molecule has 0 fully saturated rings. The highest BCUT2D eigenvalue weighted by atomic mass is 32.1. The van der Waals surface area contributed by atoms with Gasteiger partial charge in [0.15, 0.2) is 0 Å². The second-order valence-electron chi connectivity index (χ2n) is 6.96. The number of alkyl halides is 3. The lowest BCUT2D eigenvalue weighted by atomic mass is 9.96. The van der Waals surface area contributed by atoms with Crippen LogP contribution in [0.5, 0.6) is 0 Å². The average molecular weight is 437 g/mol. The van der Waals surface area contributed by atoms with E-state index >= 15 is 0 Å². The Morgan fingerprint density at radius 2 is 1.87 bits per heavy atom. The summed E-state index contributed by atoms with van der Waals surface area (Å²) in [5, 5.41) is -0.331. The quantitative estimate of drug-likeness (QED) is 0.482. The summed E-state index contributed by atoms with van der Waals surface area (Å²) >= 11 is 0.781. The van der Waals surface area contributed by atoms with Gasteiger partial charge in [0.05, 0.1) is 11.3 Å². The molecule has 3 aromatic rings. The SMILES string of the molecule is CC(=O)N1CCc2nc3sc(C(=O)c4ccc(F)cc4)c(N)c3c(C(F)(F)F)c2C1. The molecule has 2 N–H and O–H groups in total.